The number of aromatic nitrogens is 2. The predicted molar refractivity (Wildman–Crippen MR) is 122 cm³/mol. The summed E-state index contributed by atoms with van der Waals surface area (Å²) in [6.07, 6.45) is 1.82. The number of nitrogens with two attached hydrogens (primary N) is 1. The molecule has 9 nitrogen and oxygen atoms in total. The van der Waals surface area contributed by atoms with Gasteiger partial charge in [0.05, 0.1) is 13.1 Å². The predicted octanol–water partition coefficient (Wildman–Crippen LogP) is 1.62. The van der Waals surface area contributed by atoms with Gasteiger partial charge in [0.25, 0.3) is 0 Å². The fourth-order valence-corrected chi connectivity index (χ4v) is 3.26. The highest BCUT2D eigenvalue weighted by atomic mass is 127. The molecular weight excluding hydrogens is 509 g/mol. The largest absolute Gasteiger partial charge is 0.369 e. The zero-order valence-electron chi connectivity index (χ0n) is 16.1. The number of aliphatic imine (C=N–C) groups is 1. The molecule has 0 atom stereocenters. The number of amides is 1. The van der Waals surface area contributed by atoms with E-state index >= 15 is 0 Å². The average molecular weight is 534 g/mol. The van der Waals surface area contributed by atoms with Gasteiger partial charge in [0.2, 0.25) is 17.6 Å². The normalized spacial score (nSPS) is 15.6. The molecular formula is C18H25ClIN7O2. The number of nitrogens with one attached hydrogen (secondary N) is 2. The van der Waals surface area contributed by atoms with Crippen LogP contribution in [0.4, 0.5) is 0 Å². The lowest BCUT2D eigenvalue weighted by Gasteiger charge is -2.32. The highest BCUT2D eigenvalue weighted by Crippen LogP contribution is 2.19. The molecule has 29 heavy (non-hydrogen) atoms. The van der Waals surface area contributed by atoms with E-state index in [9.17, 15) is 4.79 Å². The van der Waals surface area contributed by atoms with Gasteiger partial charge in [-0.25, -0.2) is 0 Å². The van der Waals surface area contributed by atoms with Crippen LogP contribution in [0.2, 0.25) is 5.02 Å². The summed E-state index contributed by atoms with van der Waals surface area (Å²) in [5.74, 6) is 1.31. The summed E-state index contributed by atoms with van der Waals surface area (Å²) in [6.45, 7) is 2.31. The van der Waals surface area contributed by atoms with Gasteiger partial charge in [-0.05, 0) is 25.0 Å². The molecule has 2 heterocycles. The van der Waals surface area contributed by atoms with Crippen LogP contribution in [0.25, 0.3) is 11.4 Å². The number of nitrogens with zero attached hydrogens (tertiary/aromatic N) is 4. The van der Waals surface area contributed by atoms with Gasteiger partial charge in [-0.2, -0.15) is 4.98 Å². The van der Waals surface area contributed by atoms with Gasteiger partial charge in [0.15, 0.2) is 5.96 Å². The summed E-state index contributed by atoms with van der Waals surface area (Å²) in [7, 11) is 1.71. The van der Waals surface area contributed by atoms with Crippen molar-refractivity contribution in [3.05, 3.63) is 35.2 Å². The van der Waals surface area contributed by atoms with Crippen molar-refractivity contribution in [2.45, 2.75) is 25.4 Å². The second-order valence-electron chi connectivity index (χ2n) is 6.61. The van der Waals surface area contributed by atoms with Crippen molar-refractivity contribution in [2.24, 2.45) is 10.7 Å². The van der Waals surface area contributed by atoms with Crippen LogP contribution in [0.1, 0.15) is 18.7 Å². The minimum absolute atomic E-state index is 0. The summed E-state index contributed by atoms with van der Waals surface area (Å²) in [5, 5.41) is 11.2. The maximum absolute atomic E-state index is 11.0. The topological polar surface area (TPSA) is 122 Å². The van der Waals surface area contributed by atoms with Crippen LogP contribution in [-0.4, -0.2) is 59.6 Å². The van der Waals surface area contributed by atoms with Gasteiger partial charge in [-0.3, -0.25) is 14.7 Å². The number of piperidine rings is 1. The second kappa shape index (κ2) is 11.3. The second-order valence-corrected chi connectivity index (χ2v) is 7.05. The first-order valence-corrected chi connectivity index (χ1v) is 9.47. The van der Waals surface area contributed by atoms with Crippen LogP contribution in [0, 0.1) is 0 Å². The number of benzene rings is 1. The van der Waals surface area contributed by atoms with Crippen LogP contribution >= 0.6 is 35.6 Å². The third-order valence-electron chi connectivity index (χ3n) is 4.49. The Bertz CT molecular complexity index is 837. The lowest BCUT2D eigenvalue weighted by molar-refractivity contribution is -0.119. The molecule has 2 aromatic rings. The lowest BCUT2D eigenvalue weighted by atomic mass is 10.1. The van der Waals surface area contributed by atoms with Gasteiger partial charge in [0, 0.05) is 36.8 Å². The number of likely N-dealkylation sites (tertiary alicyclic amines) is 1. The van der Waals surface area contributed by atoms with Crippen molar-refractivity contribution in [3.8, 4) is 11.4 Å². The third kappa shape index (κ3) is 7.12. The van der Waals surface area contributed by atoms with E-state index in [0.717, 1.165) is 31.5 Å². The molecule has 11 heteroatoms. The quantitative estimate of drug-likeness (QED) is 0.293. The fourth-order valence-electron chi connectivity index (χ4n) is 3.07. The van der Waals surface area contributed by atoms with Gasteiger partial charge >= 0.3 is 0 Å². The standard InChI is InChI=1S/C18H24ClN7O2.HI/c1-21-18(23-14-5-7-26(8-6-14)11-15(20)27)22-10-16-24-17(25-28-16)12-3-2-4-13(19)9-12;/h2-4,9,14H,5-8,10-11H2,1H3,(H2,20,27)(H2,21,22,23);1H. The number of rotatable bonds is 6. The molecule has 1 fully saturated rings. The number of guanidine groups is 1. The van der Waals surface area contributed by atoms with Crippen molar-refractivity contribution in [1.82, 2.24) is 25.7 Å². The van der Waals surface area contributed by atoms with Crippen molar-refractivity contribution in [1.29, 1.82) is 0 Å². The monoisotopic (exact) mass is 533 g/mol. The minimum Gasteiger partial charge on any atom is -0.369 e. The highest BCUT2D eigenvalue weighted by molar-refractivity contribution is 14.0. The van der Waals surface area contributed by atoms with Crippen LogP contribution < -0.4 is 16.4 Å². The maximum atomic E-state index is 11.0. The van der Waals surface area contributed by atoms with E-state index in [2.05, 4.69) is 30.7 Å². The number of primary amides is 1. The number of hydrogen-bond donors (Lipinski definition) is 3. The first-order chi connectivity index (χ1) is 13.5. The van der Waals surface area contributed by atoms with Crippen LogP contribution in [-0.2, 0) is 11.3 Å². The lowest BCUT2D eigenvalue weighted by Crippen LogP contribution is -2.49. The number of hydrogen-bond acceptors (Lipinski definition) is 6. The van der Waals surface area contributed by atoms with Crippen molar-refractivity contribution in [2.75, 3.05) is 26.7 Å². The molecule has 158 valence electrons. The van der Waals surface area contributed by atoms with Gasteiger partial charge < -0.3 is 20.9 Å². The van der Waals surface area contributed by atoms with Crippen molar-refractivity contribution in [3.63, 3.8) is 0 Å². The van der Waals surface area contributed by atoms with E-state index in [4.69, 9.17) is 21.9 Å². The Labute approximate surface area is 191 Å². The Morgan fingerprint density at radius 1 is 1.41 bits per heavy atom. The molecule has 1 aliphatic heterocycles. The SMILES string of the molecule is CN=C(NCc1nc(-c2cccc(Cl)c2)no1)NC1CCN(CC(N)=O)CC1.I. The van der Waals surface area contributed by atoms with Crippen molar-refractivity contribution >= 4 is 47.4 Å². The van der Waals surface area contributed by atoms with E-state index in [1.54, 1.807) is 19.2 Å². The molecule has 0 spiro atoms. The first kappa shape index (κ1) is 23.4. The van der Waals surface area contributed by atoms with Gasteiger partial charge in [-0.1, -0.05) is 28.9 Å². The Morgan fingerprint density at radius 2 is 2.17 bits per heavy atom. The zero-order chi connectivity index (χ0) is 19.9. The molecule has 1 aromatic carbocycles. The third-order valence-corrected chi connectivity index (χ3v) is 4.72. The number of halogens is 2. The average Bonchev–Trinajstić information content (AvgIpc) is 3.15. The molecule has 1 aliphatic rings. The van der Waals surface area contributed by atoms with E-state index in [1.807, 2.05) is 12.1 Å². The van der Waals surface area contributed by atoms with Gasteiger partial charge in [-0.15, -0.1) is 24.0 Å². The molecule has 0 saturated carbocycles. The van der Waals surface area contributed by atoms with E-state index in [0.29, 0.717) is 35.8 Å². The summed E-state index contributed by atoms with van der Waals surface area (Å²) in [4.78, 5) is 21.7. The molecule has 0 unspecified atom stereocenters. The summed E-state index contributed by atoms with van der Waals surface area (Å²) < 4.78 is 5.29. The Morgan fingerprint density at radius 3 is 2.83 bits per heavy atom. The summed E-state index contributed by atoms with van der Waals surface area (Å²) >= 11 is 6.00. The molecule has 1 aromatic heterocycles. The minimum atomic E-state index is -0.291. The highest BCUT2D eigenvalue weighted by Gasteiger charge is 2.21. The Balaban J connectivity index is 0.00000300. The zero-order valence-corrected chi connectivity index (χ0v) is 19.2. The summed E-state index contributed by atoms with van der Waals surface area (Å²) in [6, 6.07) is 7.57. The molecule has 1 saturated heterocycles. The molecule has 1 amide bonds. The maximum Gasteiger partial charge on any atom is 0.246 e. The first-order valence-electron chi connectivity index (χ1n) is 9.10. The van der Waals surface area contributed by atoms with E-state index in [-0.39, 0.29) is 35.9 Å². The smallest absolute Gasteiger partial charge is 0.246 e. The molecule has 4 N–H and O–H groups in total. The number of carbonyl (C=O) groups excluding carboxylic acids is 1. The van der Waals surface area contributed by atoms with Gasteiger partial charge in [0.1, 0.15) is 0 Å². The molecule has 0 radical (unpaired) electrons. The van der Waals surface area contributed by atoms with E-state index < -0.39 is 0 Å². The van der Waals surface area contributed by atoms with Crippen LogP contribution in [0.3, 0.4) is 0 Å². The van der Waals surface area contributed by atoms with Crippen LogP contribution in [0.15, 0.2) is 33.8 Å². The molecule has 0 bridgehead atoms. The Kier molecular flexibility index (Phi) is 9.11. The molecule has 0 aliphatic carbocycles. The van der Waals surface area contributed by atoms with E-state index in [1.165, 1.54) is 0 Å². The Hall–Kier alpha value is -1.92. The van der Waals surface area contributed by atoms with Crippen molar-refractivity contribution < 1.29 is 9.32 Å². The molecule has 3 rings (SSSR count). The number of carbonyl (C=O) groups is 1. The van der Waals surface area contributed by atoms with Crippen LogP contribution in [0.5, 0.6) is 0 Å². The fraction of sp³-hybridized carbons (Fsp3) is 0.444. The summed E-state index contributed by atoms with van der Waals surface area (Å²) in [5.41, 5.74) is 6.05.